The quantitative estimate of drug-likeness (QED) is 0.899. The third-order valence-electron chi connectivity index (χ3n) is 2.46. The van der Waals surface area contributed by atoms with Crippen LogP contribution in [0.5, 0.6) is 0 Å². The summed E-state index contributed by atoms with van der Waals surface area (Å²) in [6.07, 6.45) is -5.18. The summed E-state index contributed by atoms with van der Waals surface area (Å²) in [4.78, 5) is 22.1. The van der Waals surface area contributed by atoms with E-state index in [1.54, 1.807) is 0 Å². The fourth-order valence-electron chi connectivity index (χ4n) is 1.40. The van der Waals surface area contributed by atoms with E-state index in [0.29, 0.717) is 0 Å². The lowest BCUT2D eigenvalue weighted by Crippen LogP contribution is -2.53. The fourth-order valence-corrected chi connectivity index (χ4v) is 1.73. The lowest BCUT2D eigenvalue weighted by atomic mass is 9.92. The summed E-state index contributed by atoms with van der Waals surface area (Å²) in [5, 5.41) is 10.5. The van der Waals surface area contributed by atoms with Crippen molar-refractivity contribution in [2.24, 2.45) is 0 Å². The SMILES string of the molecule is CC(NC(=O)C(F)(F)F)(C(=O)O)c1ccccc1Cl. The van der Waals surface area contributed by atoms with E-state index in [0.717, 1.165) is 6.92 Å². The van der Waals surface area contributed by atoms with Crippen LogP contribution in [-0.4, -0.2) is 23.2 Å². The van der Waals surface area contributed by atoms with E-state index >= 15 is 0 Å². The molecule has 8 heteroatoms. The monoisotopic (exact) mass is 295 g/mol. The zero-order valence-electron chi connectivity index (χ0n) is 9.58. The maximum absolute atomic E-state index is 12.2. The molecule has 104 valence electrons. The number of hydrogen-bond acceptors (Lipinski definition) is 2. The van der Waals surface area contributed by atoms with Gasteiger partial charge >= 0.3 is 18.1 Å². The summed E-state index contributed by atoms with van der Waals surface area (Å²) in [6, 6.07) is 5.44. The smallest absolute Gasteiger partial charge is 0.471 e. The molecule has 0 aliphatic rings. The second-order valence-corrected chi connectivity index (χ2v) is 4.27. The Morgan fingerprint density at radius 2 is 1.79 bits per heavy atom. The highest BCUT2D eigenvalue weighted by Gasteiger charge is 2.46. The molecule has 0 aliphatic carbocycles. The van der Waals surface area contributed by atoms with E-state index in [2.05, 4.69) is 0 Å². The number of halogens is 4. The van der Waals surface area contributed by atoms with E-state index in [1.165, 1.54) is 29.6 Å². The Bertz CT molecular complexity index is 518. The molecule has 0 aromatic heterocycles. The summed E-state index contributed by atoms with van der Waals surface area (Å²) < 4.78 is 36.7. The third-order valence-corrected chi connectivity index (χ3v) is 2.79. The van der Waals surface area contributed by atoms with Gasteiger partial charge in [0, 0.05) is 10.6 Å². The molecule has 1 aromatic carbocycles. The standard InChI is InChI=1S/C11H9ClF3NO3/c1-10(9(18)19,16-8(17)11(13,14)15)6-4-2-3-5-7(6)12/h2-5H,1H3,(H,16,17)(H,18,19). The van der Waals surface area contributed by atoms with Gasteiger partial charge in [0.25, 0.3) is 0 Å². The van der Waals surface area contributed by atoms with E-state index in [1.807, 2.05) is 0 Å². The Morgan fingerprint density at radius 3 is 2.21 bits per heavy atom. The molecule has 2 N–H and O–H groups in total. The van der Waals surface area contributed by atoms with Crippen LogP contribution >= 0.6 is 11.6 Å². The van der Waals surface area contributed by atoms with Gasteiger partial charge in [0.15, 0.2) is 5.54 Å². The lowest BCUT2D eigenvalue weighted by molar-refractivity contribution is -0.177. The first-order chi connectivity index (χ1) is 8.59. The first kappa shape index (κ1) is 15.3. The second kappa shape index (κ2) is 5.08. The van der Waals surface area contributed by atoms with E-state index in [-0.39, 0.29) is 10.6 Å². The number of hydrogen-bond donors (Lipinski definition) is 2. The van der Waals surface area contributed by atoms with E-state index < -0.39 is 23.6 Å². The predicted octanol–water partition coefficient (Wildman–Crippen LogP) is 2.32. The summed E-state index contributed by atoms with van der Waals surface area (Å²) >= 11 is 5.75. The topological polar surface area (TPSA) is 66.4 Å². The molecule has 1 atom stereocenters. The molecule has 0 spiro atoms. The highest BCUT2D eigenvalue weighted by atomic mass is 35.5. The first-order valence-electron chi connectivity index (χ1n) is 4.97. The molecule has 0 bridgehead atoms. The molecule has 1 aromatic rings. The number of carbonyl (C=O) groups excluding carboxylic acids is 1. The number of carboxylic acid groups (broad SMARTS) is 1. The minimum Gasteiger partial charge on any atom is -0.479 e. The first-order valence-corrected chi connectivity index (χ1v) is 5.34. The number of benzene rings is 1. The van der Waals surface area contributed by atoms with Gasteiger partial charge < -0.3 is 10.4 Å². The minimum atomic E-state index is -5.18. The maximum Gasteiger partial charge on any atom is 0.471 e. The molecule has 0 saturated heterocycles. The van der Waals surface area contributed by atoms with E-state index in [4.69, 9.17) is 16.7 Å². The largest absolute Gasteiger partial charge is 0.479 e. The number of alkyl halides is 3. The van der Waals surface area contributed by atoms with E-state index in [9.17, 15) is 22.8 Å². The van der Waals surface area contributed by atoms with Gasteiger partial charge in [0.05, 0.1) is 0 Å². The summed E-state index contributed by atoms with van der Waals surface area (Å²) in [7, 11) is 0. The highest BCUT2D eigenvalue weighted by molar-refractivity contribution is 6.31. The van der Waals surface area contributed by atoms with Gasteiger partial charge in [0.2, 0.25) is 0 Å². The van der Waals surface area contributed by atoms with Crippen molar-refractivity contribution in [2.75, 3.05) is 0 Å². The fraction of sp³-hybridized carbons (Fsp3) is 0.273. The van der Waals surface area contributed by atoms with Crippen LogP contribution in [0.1, 0.15) is 12.5 Å². The molecule has 1 unspecified atom stereocenters. The van der Waals surface area contributed by atoms with Gasteiger partial charge in [-0.1, -0.05) is 29.8 Å². The van der Waals surface area contributed by atoms with Crippen LogP contribution in [-0.2, 0) is 15.1 Å². The lowest BCUT2D eigenvalue weighted by Gasteiger charge is -2.28. The average Bonchev–Trinajstić information content (AvgIpc) is 2.27. The van der Waals surface area contributed by atoms with Crippen LogP contribution in [0.4, 0.5) is 13.2 Å². The van der Waals surface area contributed by atoms with Crippen LogP contribution in [0.15, 0.2) is 24.3 Å². The molecule has 0 saturated carbocycles. The van der Waals surface area contributed by atoms with Gasteiger partial charge in [0.1, 0.15) is 0 Å². The molecule has 1 amide bonds. The second-order valence-electron chi connectivity index (χ2n) is 3.86. The molecule has 0 fully saturated rings. The van der Waals surface area contributed by atoms with Gasteiger partial charge in [-0.25, -0.2) is 4.79 Å². The van der Waals surface area contributed by atoms with Crippen molar-refractivity contribution in [1.82, 2.24) is 5.32 Å². The van der Waals surface area contributed by atoms with Crippen molar-refractivity contribution in [3.63, 3.8) is 0 Å². The highest BCUT2D eigenvalue weighted by Crippen LogP contribution is 2.29. The Kier molecular flexibility index (Phi) is 4.09. The Labute approximate surface area is 111 Å². The van der Waals surface area contributed by atoms with Gasteiger partial charge in [-0.3, -0.25) is 4.79 Å². The molecular formula is C11H9ClF3NO3. The number of rotatable bonds is 3. The number of carbonyl (C=O) groups is 2. The van der Waals surface area contributed by atoms with Crippen LogP contribution in [0.2, 0.25) is 5.02 Å². The van der Waals surface area contributed by atoms with Crippen molar-refractivity contribution in [3.05, 3.63) is 34.9 Å². The molecular weight excluding hydrogens is 287 g/mol. The van der Waals surface area contributed by atoms with Crippen LogP contribution in [0, 0.1) is 0 Å². The van der Waals surface area contributed by atoms with Crippen molar-refractivity contribution in [3.8, 4) is 0 Å². The molecule has 0 aliphatic heterocycles. The van der Waals surface area contributed by atoms with Crippen LogP contribution in [0.3, 0.4) is 0 Å². The summed E-state index contributed by atoms with van der Waals surface area (Å²) in [5.41, 5.74) is -2.41. The average molecular weight is 296 g/mol. The molecule has 19 heavy (non-hydrogen) atoms. The van der Waals surface area contributed by atoms with Gasteiger partial charge in [-0.2, -0.15) is 13.2 Å². The third kappa shape index (κ3) is 3.17. The Morgan fingerprint density at radius 1 is 1.26 bits per heavy atom. The van der Waals surface area contributed by atoms with Crippen molar-refractivity contribution in [1.29, 1.82) is 0 Å². The molecule has 4 nitrogen and oxygen atoms in total. The Balaban J connectivity index is 3.24. The minimum absolute atomic E-state index is 0.0603. The maximum atomic E-state index is 12.2. The van der Waals surface area contributed by atoms with Crippen LogP contribution in [0.25, 0.3) is 0 Å². The zero-order valence-corrected chi connectivity index (χ0v) is 10.3. The molecule has 1 rings (SSSR count). The molecule has 0 radical (unpaired) electrons. The summed E-state index contributed by atoms with van der Waals surface area (Å²) in [5.74, 6) is -4.00. The normalized spacial score (nSPS) is 14.6. The summed E-state index contributed by atoms with van der Waals surface area (Å²) in [6.45, 7) is 0.931. The zero-order chi connectivity index (χ0) is 14.8. The van der Waals surface area contributed by atoms with Gasteiger partial charge in [-0.15, -0.1) is 0 Å². The molecule has 0 heterocycles. The Hall–Kier alpha value is -1.76. The number of amides is 1. The van der Waals surface area contributed by atoms with Gasteiger partial charge in [-0.05, 0) is 13.0 Å². The van der Waals surface area contributed by atoms with Crippen molar-refractivity contribution >= 4 is 23.5 Å². The number of aliphatic carboxylic acids is 1. The van der Waals surface area contributed by atoms with Crippen molar-refractivity contribution < 1.29 is 27.9 Å². The van der Waals surface area contributed by atoms with Crippen LogP contribution < -0.4 is 5.32 Å². The van der Waals surface area contributed by atoms with Crippen molar-refractivity contribution in [2.45, 2.75) is 18.6 Å². The number of nitrogens with one attached hydrogen (secondary N) is 1. The number of carboxylic acids is 1. The predicted molar refractivity (Wildman–Crippen MR) is 60.6 cm³/mol.